The molecule has 1 heterocycles. The zero-order valence-electron chi connectivity index (χ0n) is 13.8. The lowest BCUT2D eigenvalue weighted by Gasteiger charge is -2.24. The number of nitrogens with zero attached hydrogens (tertiary/aromatic N) is 1. The normalized spacial score (nSPS) is 18.2. The number of rotatable bonds is 2. The van der Waals surface area contributed by atoms with Gasteiger partial charge in [-0.15, -0.1) is 0 Å². The molecule has 1 unspecified atom stereocenters. The van der Waals surface area contributed by atoms with Crippen molar-refractivity contribution in [3.05, 3.63) is 34.9 Å². The maximum atomic E-state index is 14.1. The third-order valence-corrected chi connectivity index (χ3v) is 3.74. The van der Waals surface area contributed by atoms with Gasteiger partial charge in [0.05, 0.1) is 5.56 Å². The van der Waals surface area contributed by atoms with Gasteiger partial charge in [0, 0.05) is 19.0 Å². The average Bonchev–Trinajstić information content (AvgIpc) is 2.91. The van der Waals surface area contributed by atoms with Gasteiger partial charge in [-0.3, -0.25) is 4.79 Å². The van der Waals surface area contributed by atoms with Crippen molar-refractivity contribution in [1.82, 2.24) is 4.90 Å². The van der Waals surface area contributed by atoms with Crippen LogP contribution >= 0.6 is 0 Å². The van der Waals surface area contributed by atoms with Crippen LogP contribution in [0.4, 0.5) is 13.6 Å². The van der Waals surface area contributed by atoms with Gasteiger partial charge in [0.1, 0.15) is 17.2 Å². The monoisotopic (exact) mass is 325 g/mol. The molecule has 0 radical (unpaired) electrons. The second kappa shape index (κ2) is 6.26. The van der Waals surface area contributed by atoms with Crippen LogP contribution in [-0.2, 0) is 4.74 Å². The third-order valence-electron chi connectivity index (χ3n) is 3.74. The minimum atomic E-state index is -0.867. The fourth-order valence-electron chi connectivity index (χ4n) is 2.55. The molecule has 1 aliphatic rings. The summed E-state index contributed by atoms with van der Waals surface area (Å²) in [4.78, 5) is 25.8. The van der Waals surface area contributed by atoms with E-state index < -0.39 is 40.6 Å². The minimum Gasteiger partial charge on any atom is -0.444 e. The summed E-state index contributed by atoms with van der Waals surface area (Å²) < 4.78 is 33.2. The van der Waals surface area contributed by atoms with Crippen molar-refractivity contribution in [1.29, 1.82) is 0 Å². The number of benzene rings is 1. The van der Waals surface area contributed by atoms with Gasteiger partial charge in [-0.2, -0.15) is 0 Å². The minimum absolute atomic E-state index is 0.112. The SMILES string of the molecule is Cc1ccc(F)c(C(=O)C2CCN(C(=O)OC(C)(C)C)C2)c1F. The highest BCUT2D eigenvalue weighted by Crippen LogP contribution is 2.26. The first kappa shape index (κ1) is 17.4. The number of hydrogen-bond donors (Lipinski definition) is 0. The van der Waals surface area contributed by atoms with Crippen molar-refractivity contribution in [3.63, 3.8) is 0 Å². The summed E-state index contributed by atoms with van der Waals surface area (Å²) in [6.07, 6.45) is -0.150. The smallest absolute Gasteiger partial charge is 0.410 e. The van der Waals surface area contributed by atoms with E-state index in [0.29, 0.717) is 13.0 Å². The second-order valence-corrected chi connectivity index (χ2v) is 6.83. The quantitative estimate of drug-likeness (QED) is 0.779. The number of amides is 1. The number of carbonyl (C=O) groups is 2. The van der Waals surface area contributed by atoms with Gasteiger partial charge in [-0.05, 0) is 45.7 Å². The Bertz CT molecular complexity index is 637. The van der Waals surface area contributed by atoms with Crippen LogP contribution in [0, 0.1) is 24.5 Å². The Morgan fingerprint density at radius 2 is 1.91 bits per heavy atom. The summed E-state index contributed by atoms with van der Waals surface area (Å²) in [6, 6.07) is 2.38. The number of Topliss-reactive ketones (excluding diaryl/α,β-unsaturated/α-hetero) is 1. The Morgan fingerprint density at radius 3 is 2.52 bits per heavy atom. The van der Waals surface area contributed by atoms with Crippen LogP contribution in [0.25, 0.3) is 0 Å². The van der Waals surface area contributed by atoms with Crippen LogP contribution < -0.4 is 0 Å². The van der Waals surface area contributed by atoms with E-state index in [4.69, 9.17) is 4.74 Å². The Kier molecular flexibility index (Phi) is 4.73. The summed E-state index contributed by atoms with van der Waals surface area (Å²) in [7, 11) is 0. The molecule has 1 saturated heterocycles. The number of halogens is 2. The van der Waals surface area contributed by atoms with E-state index in [1.165, 1.54) is 17.9 Å². The molecule has 1 aromatic carbocycles. The van der Waals surface area contributed by atoms with Crippen LogP contribution in [0.15, 0.2) is 12.1 Å². The first-order chi connectivity index (χ1) is 10.6. The van der Waals surface area contributed by atoms with Crippen molar-refractivity contribution >= 4 is 11.9 Å². The Hall–Kier alpha value is -1.98. The molecule has 23 heavy (non-hydrogen) atoms. The van der Waals surface area contributed by atoms with Gasteiger partial charge in [0.25, 0.3) is 0 Å². The third kappa shape index (κ3) is 3.86. The van der Waals surface area contributed by atoms with Crippen LogP contribution in [-0.4, -0.2) is 35.5 Å². The molecule has 1 aromatic rings. The highest BCUT2D eigenvalue weighted by atomic mass is 19.1. The van der Waals surface area contributed by atoms with Gasteiger partial charge >= 0.3 is 6.09 Å². The van der Waals surface area contributed by atoms with Gasteiger partial charge in [0.2, 0.25) is 0 Å². The fourth-order valence-corrected chi connectivity index (χ4v) is 2.55. The highest BCUT2D eigenvalue weighted by molar-refractivity contribution is 5.99. The molecule has 126 valence electrons. The van der Waals surface area contributed by atoms with Crippen molar-refractivity contribution < 1.29 is 23.1 Å². The molecule has 0 N–H and O–H groups in total. The van der Waals surface area contributed by atoms with Crippen molar-refractivity contribution in [3.8, 4) is 0 Å². The predicted octanol–water partition coefficient (Wildman–Crippen LogP) is 3.71. The van der Waals surface area contributed by atoms with Crippen molar-refractivity contribution in [2.45, 2.75) is 39.7 Å². The van der Waals surface area contributed by atoms with Crippen molar-refractivity contribution in [2.24, 2.45) is 5.92 Å². The zero-order valence-corrected chi connectivity index (χ0v) is 13.8. The van der Waals surface area contributed by atoms with Gasteiger partial charge in [-0.1, -0.05) is 6.07 Å². The Labute approximate surface area is 134 Å². The molecule has 1 atom stereocenters. The van der Waals surface area contributed by atoms with Crippen LogP contribution in [0.2, 0.25) is 0 Å². The molecule has 1 fully saturated rings. The van der Waals surface area contributed by atoms with Crippen LogP contribution in [0.3, 0.4) is 0 Å². The molecule has 0 saturated carbocycles. The van der Waals surface area contributed by atoms with Crippen LogP contribution in [0.5, 0.6) is 0 Å². The molecule has 1 amide bonds. The summed E-state index contributed by atoms with van der Waals surface area (Å²) >= 11 is 0. The van der Waals surface area contributed by atoms with Crippen LogP contribution in [0.1, 0.15) is 43.1 Å². The Balaban J connectivity index is 2.12. The molecule has 6 heteroatoms. The lowest BCUT2D eigenvalue weighted by molar-refractivity contribution is 0.0289. The van der Waals surface area contributed by atoms with E-state index in [0.717, 1.165) is 6.07 Å². The van der Waals surface area contributed by atoms with Gasteiger partial charge < -0.3 is 9.64 Å². The lowest BCUT2D eigenvalue weighted by atomic mass is 9.95. The number of carbonyl (C=O) groups excluding carboxylic acids is 2. The first-order valence-electron chi connectivity index (χ1n) is 7.57. The standard InChI is InChI=1S/C17H21F2NO3/c1-10-5-6-12(18)13(14(10)19)15(21)11-7-8-20(9-11)16(22)23-17(2,3)4/h5-6,11H,7-9H2,1-4H3. The molecule has 0 aliphatic carbocycles. The zero-order chi connectivity index (χ0) is 17.4. The molecule has 2 rings (SSSR count). The maximum Gasteiger partial charge on any atom is 0.410 e. The predicted molar refractivity (Wildman–Crippen MR) is 81.3 cm³/mol. The molecular formula is C17H21F2NO3. The topological polar surface area (TPSA) is 46.6 Å². The van der Waals surface area contributed by atoms with E-state index in [1.807, 2.05) is 0 Å². The second-order valence-electron chi connectivity index (χ2n) is 6.83. The summed E-state index contributed by atoms with van der Waals surface area (Å²) in [5.41, 5.74) is -0.925. The molecular weight excluding hydrogens is 304 g/mol. The average molecular weight is 325 g/mol. The number of likely N-dealkylation sites (tertiary alicyclic amines) is 1. The summed E-state index contributed by atoms with van der Waals surface area (Å²) in [5, 5.41) is 0. The molecule has 0 bridgehead atoms. The highest BCUT2D eigenvalue weighted by Gasteiger charge is 2.35. The van der Waals surface area contributed by atoms with E-state index >= 15 is 0 Å². The van der Waals surface area contributed by atoms with Gasteiger partial charge in [-0.25, -0.2) is 13.6 Å². The molecule has 0 spiro atoms. The maximum absolute atomic E-state index is 14.1. The molecule has 0 aromatic heterocycles. The Morgan fingerprint density at radius 1 is 1.26 bits per heavy atom. The number of aryl methyl sites for hydroxylation is 1. The summed E-state index contributed by atoms with van der Waals surface area (Å²) in [6.45, 7) is 7.18. The van der Waals surface area contributed by atoms with Crippen molar-refractivity contribution in [2.75, 3.05) is 13.1 Å². The van der Waals surface area contributed by atoms with E-state index in [2.05, 4.69) is 0 Å². The fraction of sp³-hybridized carbons (Fsp3) is 0.529. The first-order valence-corrected chi connectivity index (χ1v) is 7.57. The largest absolute Gasteiger partial charge is 0.444 e. The summed E-state index contributed by atoms with van der Waals surface area (Å²) in [5.74, 6) is -2.91. The van der Waals surface area contributed by atoms with E-state index in [-0.39, 0.29) is 12.1 Å². The molecule has 1 aliphatic heterocycles. The number of ketones is 1. The van der Waals surface area contributed by atoms with E-state index in [1.54, 1.807) is 20.8 Å². The molecule has 4 nitrogen and oxygen atoms in total. The number of ether oxygens (including phenoxy) is 1. The van der Waals surface area contributed by atoms with E-state index in [9.17, 15) is 18.4 Å². The lowest BCUT2D eigenvalue weighted by Crippen LogP contribution is -2.36. The number of hydrogen-bond acceptors (Lipinski definition) is 3. The van der Waals surface area contributed by atoms with Gasteiger partial charge in [0.15, 0.2) is 5.78 Å².